The number of hydrogen-bond acceptors (Lipinski definition) is 5. The highest BCUT2D eigenvalue weighted by Gasteiger charge is 2.04. The van der Waals surface area contributed by atoms with E-state index in [1.54, 1.807) is 11.8 Å². The van der Waals surface area contributed by atoms with Gasteiger partial charge in [-0.1, -0.05) is 17.8 Å². The Hall–Kier alpha value is -1.92. The molecule has 3 aromatic rings. The third-order valence-corrected chi connectivity index (χ3v) is 4.27. The molecule has 0 fully saturated rings. The number of aryl methyl sites for hydroxylation is 2. The second-order valence-electron chi connectivity index (χ2n) is 5.22. The molecule has 3 rings (SSSR count). The van der Waals surface area contributed by atoms with Crippen LogP contribution in [0.15, 0.2) is 35.7 Å². The van der Waals surface area contributed by atoms with Crippen LogP contribution in [0.5, 0.6) is 0 Å². The van der Waals surface area contributed by atoms with Gasteiger partial charge in [-0.05, 0) is 30.9 Å². The molecule has 114 valence electrons. The maximum absolute atomic E-state index is 4.57. The average molecular weight is 313 g/mol. The lowest BCUT2D eigenvalue weighted by Crippen LogP contribution is -2.13. The minimum atomic E-state index is 0.758. The summed E-state index contributed by atoms with van der Waals surface area (Å²) in [6.07, 6.45) is 5.72. The summed E-state index contributed by atoms with van der Waals surface area (Å²) in [4.78, 5) is 13.1. The lowest BCUT2D eigenvalue weighted by molar-refractivity contribution is 0.685. The number of nitrogens with zero attached hydrogens (tertiary/aromatic N) is 4. The van der Waals surface area contributed by atoms with Crippen molar-refractivity contribution in [1.82, 2.24) is 24.8 Å². The van der Waals surface area contributed by atoms with Gasteiger partial charge in [0.15, 0.2) is 5.16 Å². The fourth-order valence-electron chi connectivity index (χ4n) is 2.37. The Morgan fingerprint density at radius 1 is 1.14 bits per heavy atom. The first-order chi connectivity index (χ1) is 10.7. The average Bonchev–Trinajstić information content (AvgIpc) is 2.82. The van der Waals surface area contributed by atoms with Crippen LogP contribution in [-0.2, 0) is 20.1 Å². The third kappa shape index (κ3) is 3.13. The second-order valence-corrected chi connectivity index (χ2v) is 6.00. The van der Waals surface area contributed by atoms with Crippen LogP contribution in [0.4, 0.5) is 0 Å². The van der Waals surface area contributed by atoms with Crippen molar-refractivity contribution in [3.63, 3.8) is 0 Å². The van der Waals surface area contributed by atoms with E-state index >= 15 is 0 Å². The molecule has 0 saturated heterocycles. The van der Waals surface area contributed by atoms with Crippen LogP contribution in [0.3, 0.4) is 0 Å². The molecule has 5 nitrogen and oxygen atoms in total. The molecular weight excluding hydrogens is 294 g/mol. The van der Waals surface area contributed by atoms with Gasteiger partial charge in [-0.2, -0.15) is 0 Å². The molecule has 1 aromatic carbocycles. The molecule has 0 spiro atoms. The summed E-state index contributed by atoms with van der Waals surface area (Å²) in [7, 11) is 2.04. The zero-order valence-electron chi connectivity index (χ0n) is 13.0. The summed E-state index contributed by atoms with van der Waals surface area (Å²) in [6.45, 7) is 3.58. The van der Waals surface area contributed by atoms with Crippen LogP contribution in [-0.4, -0.2) is 25.8 Å². The van der Waals surface area contributed by atoms with Gasteiger partial charge in [0.1, 0.15) is 5.82 Å². The number of benzene rings is 1. The number of aromatic nitrogens is 4. The van der Waals surface area contributed by atoms with E-state index < -0.39 is 0 Å². The van der Waals surface area contributed by atoms with Gasteiger partial charge in [0.25, 0.3) is 0 Å². The van der Waals surface area contributed by atoms with Crippen molar-refractivity contribution < 1.29 is 0 Å². The fourth-order valence-corrected chi connectivity index (χ4v) is 2.68. The Kier molecular flexibility index (Phi) is 4.40. The SMILES string of the molecule is CSc1ncc(CNCc2ccc3c(c2)nc(C)n3C)cn1. The first-order valence-electron chi connectivity index (χ1n) is 7.15. The fraction of sp³-hybridized carbons (Fsp3) is 0.312. The third-order valence-electron chi connectivity index (χ3n) is 3.69. The van der Waals surface area contributed by atoms with Crippen molar-refractivity contribution in [2.24, 2.45) is 7.05 Å². The first-order valence-corrected chi connectivity index (χ1v) is 8.37. The quantitative estimate of drug-likeness (QED) is 0.580. The largest absolute Gasteiger partial charge is 0.331 e. The summed E-state index contributed by atoms with van der Waals surface area (Å²) >= 11 is 1.55. The van der Waals surface area contributed by atoms with E-state index in [-0.39, 0.29) is 0 Å². The van der Waals surface area contributed by atoms with Crippen LogP contribution >= 0.6 is 11.8 Å². The van der Waals surface area contributed by atoms with Gasteiger partial charge < -0.3 is 9.88 Å². The zero-order valence-corrected chi connectivity index (χ0v) is 13.8. The summed E-state index contributed by atoms with van der Waals surface area (Å²) in [6, 6.07) is 6.41. The maximum Gasteiger partial charge on any atom is 0.187 e. The normalized spacial score (nSPS) is 11.2. The van der Waals surface area contributed by atoms with Crippen LogP contribution in [0.2, 0.25) is 0 Å². The van der Waals surface area contributed by atoms with Crippen molar-refractivity contribution in [3.05, 3.63) is 47.5 Å². The molecule has 2 heterocycles. The molecule has 0 bridgehead atoms. The molecule has 0 aliphatic heterocycles. The Morgan fingerprint density at radius 3 is 2.59 bits per heavy atom. The van der Waals surface area contributed by atoms with E-state index in [0.29, 0.717) is 0 Å². The van der Waals surface area contributed by atoms with Crippen molar-refractivity contribution in [1.29, 1.82) is 0 Å². The molecule has 0 radical (unpaired) electrons. The van der Waals surface area contributed by atoms with E-state index in [9.17, 15) is 0 Å². The Morgan fingerprint density at radius 2 is 1.86 bits per heavy atom. The predicted octanol–water partition coefficient (Wildman–Crippen LogP) is 2.68. The van der Waals surface area contributed by atoms with Gasteiger partial charge in [-0.25, -0.2) is 15.0 Å². The molecule has 1 N–H and O–H groups in total. The molecule has 0 unspecified atom stereocenters. The topological polar surface area (TPSA) is 55.6 Å². The van der Waals surface area contributed by atoms with Gasteiger partial charge in [0, 0.05) is 38.1 Å². The molecule has 0 amide bonds. The molecule has 0 aliphatic carbocycles. The highest BCUT2D eigenvalue weighted by Crippen LogP contribution is 2.16. The van der Waals surface area contributed by atoms with Crippen molar-refractivity contribution in [2.75, 3.05) is 6.26 Å². The van der Waals surface area contributed by atoms with Crippen molar-refractivity contribution in [2.45, 2.75) is 25.2 Å². The van der Waals surface area contributed by atoms with Gasteiger partial charge >= 0.3 is 0 Å². The summed E-state index contributed by atoms with van der Waals surface area (Å²) in [5.41, 5.74) is 4.54. The van der Waals surface area contributed by atoms with Crippen molar-refractivity contribution in [3.8, 4) is 0 Å². The monoisotopic (exact) mass is 313 g/mol. The second kappa shape index (κ2) is 6.46. The molecular formula is C16H19N5S. The highest BCUT2D eigenvalue weighted by atomic mass is 32.2. The van der Waals surface area contributed by atoms with E-state index in [2.05, 4.69) is 43.0 Å². The lowest BCUT2D eigenvalue weighted by atomic mass is 10.2. The standard InChI is InChI=1S/C16H19N5S/c1-11-20-14-6-12(4-5-15(14)21(11)2)7-17-8-13-9-18-16(22-3)19-10-13/h4-6,9-10,17H,7-8H2,1-3H3. The molecule has 0 saturated carbocycles. The van der Waals surface area contributed by atoms with Crippen LogP contribution in [0.1, 0.15) is 17.0 Å². The smallest absolute Gasteiger partial charge is 0.187 e. The summed E-state index contributed by atoms with van der Waals surface area (Å²) < 4.78 is 2.11. The van der Waals surface area contributed by atoms with Crippen LogP contribution < -0.4 is 5.32 Å². The summed E-state index contributed by atoms with van der Waals surface area (Å²) in [5, 5.41) is 4.23. The highest BCUT2D eigenvalue weighted by molar-refractivity contribution is 7.98. The van der Waals surface area contributed by atoms with Gasteiger partial charge in [0.05, 0.1) is 11.0 Å². The van der Waals surface area contributed by atoms with Gasteiger partial charge in [-0.15, -0.1) is 0 Å². The number of thioether (sulfide) groups is 1. The molecule has 0 aliphatic rings. The Labute approximate surface area is 134 Å². The molecule has 2 aromatic heterocycles. The zero-order chi connectivity index (χ0) is 15.5. The minimum Gasteiger partial charge on any atom is -0.331 e. The number of fused-ring (bicyclic) bond motifs is 1. The number of imidazole rings is 1. The van der Waals surface area contributed by atoms with Crippen LogP contribution in [0.25, 0.3) is 11.0 Å². The number of nitrogens with one attached hydrogen (secondary N) is 1. The van der Waals surface area contributed by atoms with Gasteiger partial charge in [-0.3, -0.25) is 0 Å². The van der Waals surface area contributed by atoms with E-state index in [4.69, 9.17) is 0 Å². The first kappa shape index (κ1) is 15.0. The summed E-state index contributed by atoms with van der Waals surface area (Å²) in [5.74, 6) is 1.03. The van der Waals surface area contributed by atoms with Gasteiger partial charge in [0.2, 0.25) is 0 Å². The number of hydrogen-bond donors (Lipinski definition) is 1. The maximum atomic E-state index is 4.57. The Balaban J connectivity index is 1.63. The van der Waals surface area contributed by atoms with E-state index in [1.807, 2.05) is 32.6 Å². The lowest BCUT2D eigenvalue weighted by Gasteiger charge is -2.05. The van der Waals surface area contributed by atoms with Crippen molar-refractivity contribution >= 4 is 22.8 Å². The Bertz CT molecular complexity index is 779. The number of rotatable bonds is 5. The van der Waals surface area contributed by atoms with E-state index in [0.717, 1.165) is 35.2 Å². The van der Waals surface area contributed by atoms with Crippen LogP contribution in [0, 0.1) is 6.92 Å². The minimum absolute atomic E-state index is 0.758. The molecule has 6 heteroatoms. The van der Waals surface area contributed by atoms with E-state index in [1.165, 1.54) is 11.1 Å². The molecule has 0 atom stereocenters. The molecule has 22 heavy (non-hydrogen) atoms. The predicted molar refractivity (Wildman–Crippen MR) is 89.8 cm³/mol.